The van der Waals surface area contributed by atoms with Gasteiger partial charge in [-0.2, -0.15) is 0 Å². The van der Waals surface area contributed by atoms with Crippen LogP contribution in [0.2, 0.25) is 0 Å². The van der Waals surface area contributed by atoms with Gasteiger partial charge in [-0.15, -0.1) is 0 Å². The van der Waals surface area contributed by atoms with Crippen LogP contribution in [0.25, 0.3) is 11.3 Å². The molecule has 0 bridgehead atoms. The molecule has 4 nitrogen and oxygen atoms in total. The number of aliphatic hydroxyl groups excluding tert-OH is 1. The van der Waals surface area contributed by atoms with Crippen LogP contribution in [0.1, 0.15) is 4.88 Å². The molecule has 2 rings (SSSR count). The van der Waals surface area contributed by atoms with E-state index in [9.17, 15) is 5.11 Å². The van der Waals surface area contributed by atoms with E-state index in [1.165, 1.54) is 11.3 Å². The van der Waals surface area contributed by atoms with Gasteiger partial charge in [-0.1, -0.05) is 41.7 Å². The van der Waals surface area contributed by atoms with Crippen LogP contribution in [0, 0.1) is 0 Å². The van der Waals surface area contributed by atoms with Gasteiger partial charge in [-0.25, -0.2) is 4.98 Å². The number of nitrogens with zero attached hydrogens (tertiary/aromatic N) is 2. The summed E-state index contributed by atoms with van der Waals surface area (Å²) in [6.45, 7) is 1.45. The summed E-state index contributed by atoms with van der Waals surface area (Å²) < 4.78 is 5.07. The first-order chi connectivity index (χ1) is 9.26. The van der Waals surface area contributed by atoms with Gasteiger partial charge in [0.05, 0.1) is 23.8 Å². The van der Waals surface area contributed by atoms with E-state index in [1.54, 1.807) is 7.11 Å². The first-order valence-electron chi connectivity index (χ1n) is 6.12. The van der Waals surface area contributed by atoms with Gasteiger partial charge in [0.25, 0.3) is 0 Å². The van der Waals surface area contributed by atoms with Gasteiger partial charge in [0, 0.05) is 26.3 Å². The zero-order valence-electron chi connectivity index (χ0n) is 11.2. The molecule has 5 heteroatoms. The summed E-state index contributed by atoms with van der Waals surface area (Å²) in [5.74, 6) is 0. The van der Waals surface area contributed by atoms with Gasteiger partial charge in [0.2, 0.25) is 0 Å². The van der Waals surface area contributed by atoms with Crippen LogP contribution >= 0.6 is 11.3 Å². The molecule has 1 heterocycles. The number of rotatable bonds is 6. The predicted molar refractivity (Wildman–Crippen MR) is 78.6 cm³/mol. The van der Waals surface area contributed by atoms with Crippen LogP contribution in [0.5, 0.6) is 0 Å². The monoisotopic (exact) mass is 278 g/mol. The fourth-order valence-electron chi connectivity index (χ4n) is 1.76. The van der Waals surface area contributed by atoms with E-state index in [2.05, 4.69) is 4.98 Å². The lowest BCUT2D eigenvalue weighted by atomic mass is 10.1. The van der Waals surface area contributed by atoms with E-state index in [1.807, 2.05) is 42.3 Å². The molecule has 0 aliphatic heterocycles. The highest BCUT2D eigenvalue weighted by Gasteiger charge is 2.14. The Morgan fingerprint density at radius 1 is 1.32 bits per heavy atom. The maximum Gasteiger partial charge on any atom is 0.186 e. The second-order valence-corrected chi connectivity index (χ2v) is 5.27. The Hall–Kier alpha value is -1.43. The molecular formula is C14H18N2O2S. The lowest BCUT2D eigenvalue weighted by Crippen LogP contribution is -2.21. The van der Waals surface area contributed by atoms with E-state index in [-0.39, 0.29) is 6.61 Å². The largest absolute Gasteiger partial charge is 0.391 e. The normalized spacial score (nSPS) is 10.7. The summed E-state index contributed by atoms with van der Waals surface area (Å²) >= 11 is 1.52. The minimum absolute atomic E-state index is 0.0139. The van der Waals surface area contributed by atoms with Crippen LogP contribution in [-0.2, 0) is 11.3 Å². The smallest absolute Gasteiger partial charge is 0.186 e. The van der Waals surface area contributed by atoms with Crippen molar-refractivity contribution in [1.82, 2.24) is 4.98 Å². The highest BCUT2D eigenvalue weighted by Crippen LogP contribution is 2.32. The zero-order valence-corrected chi connectivity index (χ0v) is 12.0. The van der Waals surface area contributed by atoms with Crippen molar-refractivity contribution in [2.45, 2.75) is 6.61 Å². The van der Waals surface area contributed by atoms with Crippen LogP contribution < -0.4 is 4.90 Å². The Balaban J connectivity index is 2.27. The maximum absolute atomic E-state index is 9.48. The molecule has 102 valence electrons. The summed E-state index contributed by atoms with van der Waals surface area (Å²) in [4.78, 5) is 7.57. The lowest BCUT2D eigenvalue weighted by molar-refractivity contribution is 0.206. The highest BCUT2D eigenvalue weighted by atomic mass is 32.1. The van der Waals surface area contributed by atoms with Crippen molar-refractivity contribution in [3.8, 4) is 11.3 Å². The van der Waals surface area contributed by atoms with E-state index >= 15 is 0 Å². The molecule has 1 aromatic carbocycles. The van der Waals surface area contributed by atoms with Gasteiger partial charge in [0.1, 0.15) is 0 Å². The lowest BCUT2D eigenvalue weighted by Gasteiger charge is -2.14. The Bertz CT molecular complexity index is 513. The minimum atomic E-state index is 0.0139. The first-order valence-corrected chi connectivity index (χ1v) is 6.94. The number of ether oxygens (including phenoxy) is 1. The summed E-state index contributed by atoms with van der Waals surface area (Å²) in [6, 6.07) is 9.94. The van der Waals surface area contributed by atoms with Crippen molar-refractivity contribution in [1.29, 1.82) is 0 Å². The number of aliphatic hydroxyl groups is 1. The molecule has 1 aromatic heterocycles. The number of methoxy groups -OCH3 is 1. The molecule has 0 radical (unpaired) electrons. The van der Waals surface area contributed by atoms with Crippen molar-refractivity contribution in [3.05, 3.63) is 35.2 Å². The standard InChI is InChI=1S/C14H18N2O2S/c1-16(8-9-18-2)14-15-13(12(10-17)19-14)11-6-4-3-5-7-11/h3-7,17H,8-10H2,1-2H3. The van der Waals surface area contributed by atoms with E-state index in [0.717, 1.165) is 27.8 Å². The third kappa shape index (κ3) is 3.32. The SMILES string of the molecule is COCCN(C)c1nc(-c2ccccc2)c(CO)s1. The Kier molecular flexibility index (Phi) is 4.90. The van der Waals surface area contributed by atoms with Crippen molar-refractivity contribution in [2.75, 3.05) is 32.2 Å². The topological polar surface area (TPSA) is 45.6 Å². The number of hydrogen-bond donors (Lipinski definition) is 1. The van der Waals surface area contributed by atoms with Gasteiger partial charge < -0.3 is 14.7 Å². The molecule has 0 unspecified atom stereocenters. The average Bonchev–Trinajstić information content (AvgIpc) is 2.90. The average molecular weight is 278 g/mol. The van der Waals surface area contributed by atoms with Crippen molar-refractivity contribution in [3.63, 3.8) is 0 Å². The fourth-order valence-corrected chi connectivity index (χ4v) is 2.68. The van der Waals surface area contributed by atoms with Gasteiger partial charge >= 0.3 is 0 Å². The number of thiazole rings is 1. The number of aromatic nitrogens is 1. The molecule has 0 spiro atoms. The van der Waals surface area contributed by atoms with E-state index < -0.39 is 0 Å². The molecule has 0 atom stereocenters. The van der Waals surface area contributed by atoms with E-state index in [4.69, 9.17) is 4.74 Å². The molecule has 0 saturated heterocycles. The second kappa shape index (κ2) is 6.65. The van der Waals surface area contributed by atoms with Crippen molar-refractivity contribution < 1.29 is 9.84 Å². The minimum Gasteiger partial charge on any atom is -0.391 e. The first kappa shape index (κ1) is 14.0. The van der Waals surface area contributed by atoms with Gasteiger partial charge in [-0.05, 0) is 0 Å². The molecule has 0 fully saturated rings. The predicted octanol–water partition coefficient (Wildman–Crippen LogP) is 2.39. The Morgan fingerprint density at radius 2 is 2.05 bits per heavy atom. The molecule has 0 saturated carbocycles. The van der Waals surface area contributed by atoms with Gasteiger partial charge in [-0.3, -0.25) is 0 Å². The molecule has 19 heavy (non-hydrogen) atoms. The molecule has 2 aromatic rings. The molecule has 0 aliphatic carbocycles. The summed E-state index contributed by atoms with van der Waals surface area (Å²) in [7, 11) is 3.66. The van der Waals surface area contributed by atoms with Crippen molar-refractivity contribution >= 4 is 16.5 Å². The number of benzene rings is 1. The fraction of sp³-hybridized carbons (Fsp3) is 0.357. The number of anilines is 1. The third-order valence-corrected chi connectivity index (χ3v) is 3.99. The van der Waals surface area contributed by atoms with Crippen LogP contribution in [0.3, 0.4) is 0 Å². The summed E-state index contributed by atoms with van der Waals surface area (Å²) in [5.41, 5.74) is 1.90. The van der Waals surface area contributed by atoms with Crippen LogP contribution in [0.4, 0.5) is 5.13 Å². The summed E-state index contributed by atoms with van der Waals surface area (Å²) in [5, 5.41) is 10.4. The Morgan fingerprint density at radius 3 is 2.68 bits per heavy atom. The zero-order chi connectivity index (χ0) is 13.7. The van der Waals surface area contributed by atoms with Crippen LogP contribution in [-0.4, -0.2) is 37.4 Å². The second-order valence-electron chi connectivity index (χ2n) is 4.21. The number of likely N-dealkylation sites (N-methyl/N-ethyl adjacent to an activating group) is 1. The Labute approximate surface area is 117 Å². The van der Waals surface area contributed by atoms with Crippen LogP contribution in [0.15, 0.2) is 30.3 Å². The third-order valence-electron chi connectivity index (χ3n) is 2.83. The quantitative estimate of drug-likeness (QED) is 0.881. The molecule has 0 aliphatic rings. The number of hydrogen-bond acceptors (Lipinski definition) is 5. The highest BCUT2D eigenvalue weighted by molar-refractivity contribution is 7.16. The molecule has 1 N–H and O–H groups in total. The van der Waals surface area contributed by atoms with Crippen molar-refractivity contribution in [2.24, 2.45) is 0 Å². The molecular weight excluding hydrogens is 260 g/mol. The molecule has 0 amide bonds. The summed E-state index contributed by atoms with van der Waals surface area (Å²) in [6.07, 6.45) is 0. The maximum atomic E-state index is 9.48. The van der Waals surface area contributed by atoms with Gasteiger partial charge in [0.15, 0.2) is 5.13 Å². The van der Waals surface area contributed by atoms with E-state index in [0.29, 0.717) is 6.61 Å².